The first-order chi connectivity index (χ1) is 4.09. The first-order valence-electron chi connectivity index (χ1n) is 3.85. The van der Waals surface area contributed by atoms with E-state index in [9.17, 15) is 0 Å². The molecule has 0 saturated carbocycles. The molecule has 0 aromatic carbocycles. The van der Waals surface area contributed by atoms with E-state index in [0.29, 0.717) is 0 Å². The molecule has 0 aliphatic carbocycles. The summed E-state index contributed by atoms with van der Waals surface area (Å²) in [7, 11) is 0. The largest absolute Gasteiger partial charge is 0.269 e. The van der Waals surface area contributed by atoms with Gasteiger partial charge in [0.2, 0.25) is 0 Å². The summed E-state index contributed by atoms with van der Waals surface area (Å²) in [6.45, 7) is 11.9. The van der Waals surface area contributed by atoms with Crippen molar-refractivity contribution in [2.24, 2.45) is 0 Å². The van der Waals surface area contributed by atoms with E-state index in [2.05, 4.69) is 34.6 Å². The van der Waals surface area contributed by atoms with E-state index in [-0.39, 0.29) is 14.1 Å². The third-order valence-corrected chi connectivity index (χ3v) is 8.79. The van der Waals surface area contributed by atoms with Gasteiger partial charge in [-0.15, -0.1) is 0 Å². The third-order valence-electron chi connectivity index (χ3n) is 1.69. The molecule has 0 aliphatic heterocycles. The van der Waals surface area contributed by atoms with Crippen LogP contribution < -0.4 is 0 Å². The van der Waals surface area contributed by atoms with Crippen molar-refractivity contribution in [3.8, 4) is 0 Å². The molecule has 0 rings (SSSR count). The number of halogens is 3. The zero-order chi connectivity index (χ0) is 7.44. The molecule has 0 nitrogen and oxygen atoms in total. The molecule has 0 aliphatic rings. The Hall–Kier alpha value is 0.348. The van der Waals surface area contributed by atoms with Crippen molar-refractivity contribution in [1.29, 1.82) is 0 Å². The molecule has 0 unspecified atom stereocenters. The van der Waals surface area contributed by atoms with Crippen molar-refractivity contribution in [1.82, 2.24) is 0 Å². The van der Waals surface area contributed by atoms with E-state index in [1.54, 1.807) is 0 Å². The summed E-state index contributed by atoms with van der Waals surface area (Å²) in [4.78, 5) is 0. The molecule has 0 fully saturated rings. The summed E-state index contributed by atoms with van der Waals surface area (Å²) >= 11 is -0.424. The van der Waals surface area contributed by atoms with Crippen molar-refractivity contribution in [2.75, 3.05) is 0 Å². The van der Waals surface area contributed by atoms with E-state index < -0.39 is 14.7 Å². The molecule has 0 spiro atoms. The van der Waals surface area contributed by atoms with E-state index in [1.165, 1.54) is 5.21 Å². The molecule has 4 heteroatoms. The SMILES string of the molecule is CC[As](C(C)C)C(C)C.F.F.F. The van der Waals surface area contributed by atoms with Gasteiger partial charge in [-0.2, -0.15) is 0 Å². The van der Waals surface area contributed by atoms with Crippen LogP contribution in [0, 0.1) is 0 Å². The molecule has 0 amide bonds. The second-order valence-electron chi connectivity index (χ2n) is 3.02. The zero-order valence-electron chi connectivity index (χ0n) is 8.53. The van der Waals surface area contributed by atoms with Crippen LogP contribution >= 0.6 is 0 Å². The Bertz CT molecular complexity index is 68.7. The van der Waals surface area contributed by atoms with Gasteiger partial charge >= 0.3 is 63.9 Å². The topological polar surface area (TPSA) is 0 Å². The fourth-order valence-corrected chi connectivity index (χ4v) is 6.89. The number of rotatable bonds is 3. The average Bonchev–Trinajstić information content (AvgIpc) is 1.64. The van der Waals surface area contributed by atoms with E-state index >= 15 is 0 Å². The summed E-state index contributed by atoms with van der Waals surface area (Å²) in [5, 5.41) is 1.47. The molecule has 0 atom stereocenters. The maximum Gasteiger partial charge on any atom is -0.269 e. The fourth-order valence-electron chi connectivity index (χ4n) is 1.33. The fraction of sp³-hybridized carbons (Fsp3) is 1.00. The smallest absolute Gasteiger partial charge is 0.269 e. The molecular formula is C8H22AsF3. The maximum atomic E-state index is 2.38. The van der Waals surface area contributed by atoms with Crippen molar-refractivity contribution in [2.45, 2.75) is 49.2 Å². The molecule has 0 N–H and O–H groups in total. The Morgan fingerprint density at radius 1 is 0.833 bits per heavy atom. The Kier molecular flexibility index (Phi) is 21.6. The first kappa shape index (κ1) is 22.8. The minimum absolute atomic E-state index is 0. The van der Waals surface area contributed by atoms with Crippen molar-refractivity contribution in [3.63, 3.8) is 0 Å². The quantitative estimate of drug-likeness (QED) is 0.669. The van der Waals surface area contributed by atoms with Gasteiger partial charge in [0, 0.05) is 0 Å². The van der Waals surface area contributed by atoms with Crippen LogP contribution in [0.3, 0.4) is 0 Å². The summed E-state index contributed by atoms with van der Waals surface area (Å²) in [6.07, 6.45) is 0. The monoisotopic (exact) mass is 250 g/mol. The Morgan fingerprint density at radius 2 is 1.08 bits per heavy atom. The Balaban J connectivity index is -0.000000107. The molecule has 0 bridgehead atoms. The minimum Gasteiger partial charge on any atom is -0.269 e. The average molecular weight is 250 g/mol. The predicted octanol–water partition coefficient (Wildman–Crippen LogP) is 3.78. The van der Waals surface area contributed by atoms with Crippen LogP contribution in [0.5, 0.6) is 0 Å². The van der Waals surface area contributed by atoms with Crippen molar-refractivity contribution < 1.29 is 14.1 Å². The normalized spacial score (nSPS) is 9.00. The zero-order valence-corrected chi connectivity index (χ0v) is 10.4. The van der Waals surface area contributed by atoms with Gasteiger partial charge in [-0.1, -0.05) is 0 Å². The van der Waals surface area contributed by atoms with Gasteiger partial charge in [-0.3, -0.25) is 14.1 Å². The van der Waals surface area contributed by atoms with Gasteiger partial charge in [-0.05, 0) is 0 Å². The maximum absolute atomic E-state index is 2.38. The van der Waals surface area contributed by atoms with Crippen LogP contribution in [0.1, 0.15) is 34.6 Å². The first-order valence-corrected chi connectivity index (χ1v) is 7.34. The van der Waals surface area contributed by atoms with Gasteiger partial charge in [0.15, 0.2) is 0 Å². The second-order valence-corrected chi connectivity index (χ2v) is 10.8. The van der Waals surface area contributed by atoms with Gasteiger partial charge in [0.25, 0.3) is 0 Å². The van der Waals surface area contributed by atoms with Crippen LogP contribution in [0.4, 0.5) is 14.1 Å². The van der Waals surface area contributed by atoms with Gasteiger partial charge < -0.3 is 0 Å². The molecule has 0 saturated heterocycles. The second kappa shape index (κ2) is 11.3. The summed E-state index contributed by atoms with van der Waals surface area (Å²) < 4.78 is 2.00. The van der Waals surface area contributed by atoms with Crippen LogP contribution in [-0.4, -0.2) is 14.7 Å². The third kappa shape index (κ3) is 8.45. The summed E-state index contributed by atoms with van der Waals surface area (Å²) in [6, 6.07) is 0. The van der Waals surface area contributed by atoms with Crippen molar-refractivity contribution >= 4 is 14.7 Å². The Morgan fingerprint density at radius 3 is 1.08 bits per heavy atom. The van der Waals surface area contributed by atoms with Crippen LogP contribution in [0.2, 0.25) is 14.6 Å². The molecule has 0 radical (unpaired) electrons. The van der Waals surface area contributed by atoms with Gasteiger partial charge in [0.05, 0.1) is 0 Å². The van der Waals surface area contributed by atoms with Gasteiger partial charge in [0.1, 0.15) is 0 Å². The van der Waals surface area contributed by atoms with E-state index in [4.69, 9.17) is 0 Å². The molecular weight excluding hydrogens is 228 g/mol. The van der Waals surface area contributed by atoms with Crippen LogP contribution in [0.25, 0.3) is 0 Å². The van der Waals surface area contributed by atoms with E-state index in [0.717, 1.165) is 9.41 Å². The molecule has 0 aromatic rings. The van der Waals surface area contributed by atoms with Crippen molar-refractivity contribution in [3.05, 3.63) is 0 Å². The predicted molar refractivity (Wildman–Crippen MR) is 53.9 cm³/mol. The summed E-state index contributed by atoms with van der Waals surface area (Å²) in [5.74, 6) is 0. The van der Waals surface area contributed by atoms with Gasteiger partial charge in [-0.25, -0.2) is 0 Å². The van der Waals surface area contributed by atoms with Crippen LogP contribution in [0.15, 0.2) is 0 Å². The Labute approximate surface area is 78.5 Å². The van der Waals surface area contributed by atoms with E-state index in [1.807, 2.05) is 0 Å². The summed E-state index contributed by atoms with van der Waals surface area (Å²) in [5.41, 5.74) is 0. The molecule has 80 valence electrons. The molecule has 0 aromatic heterocycles. The number of hydrogen-bond donors (Lipinski definition) is 0. The molecule has 0 heterocycles. The van der Waals surface area contributed by atoms with Crippen LogP contribution in [-0.2, 0) is 0 Å². The molecule has 12 heavy (non-hydrogen) atoms. The number of hydrogen-bond acceptors (Lipinski definition) is 0. The standard InChI is InChI=1S/C8H19As.3FH/c1-6-9(7(2)3)8(4)5;;;/h7-8H,6H2,1-5H3;3*1H. The minimum atomic E-state index is -0.424.